The molecule has 1 aromatic rings. The molecule has 2 heterocycles. The van der Waals surface area contributed by atoms with Crippen LogP contribution in [-0.4, -0.2) is 41.7 Å². The lowest BCUT2D eigenvalue weighted by molar-refractivity contribution is -0.134. The first-order chi connectivity index (χ1) is 9.68. The summed E-state index contributed by atoms with van der Waals surface area (Å²) in [6.07, 6.45) is 1.08. The molecule has 5 heteroatoms. The number of thioether (sulfide) groups is 1. The van der Waals surface area contributed by atoms with Crippen molar-refractivity contribution in [3.05, 3.63) is 35.4 Å². The molecule has 2 aliphatic rings. The molecule has 2 aliphatic heterocycles. The van der Waals surface area contributed by atoms with E-state index in [-0.39, 0.29) is 23.7 Å². The molecule has 116 valence electrons. The highest BCUT2D eigenvalue weighted by molar-refractivity contribution is 8.00. The molecule has 1 saturated heterocycles. The molecule has 0 aliphatic carbocycles. The number of fused-ring (bicyclic) bond motifs is 1. The first-order valence-corrected chi connectivity index (χ1v) is 8.46. The van der Waals surface area contributed by atoms with Gasteiger partial charge in [0.1, 0.15) is 5.25 Å². The average molecular weight is 327 g/mol. The van der Waals surface area contributed by atoms with Gasteiger partial charge in [-0.2, -0.15) is 0 Å². The van der Waals surface area contributed by atoms with E-state index in [0.717, 1.165) is 25.3 Å². The molecule has 3 atom stereocenters. The summed E-state index contributed by atoms with van der Waals surface area (Å²) >= 11 is 1.80. The number of carbonyl (C=O) groups excluding carboxylic acids is 1. The summed E-state index contributed by atoms with van der Waals surface area (Å²) < 4.78 is 0. The van der Waals surface area contributed by atoms with Gasteiger partial charge in [0.15, 0.2) is 0 Å². The number of benzene rings is 1. The van der Waals surface area contributed by atoms with E-state index in [0.29, 0.717) is 11.9 Å². The van der Waals surface area contributed by atoms with Gasteiger partial charge in [0, 0.05) is 25.2 Å². The molecular weight excluding hydrogens is 304 g/mol. The lowest BCUT2D eigenvalue weighted by Crippen LogP contribution is -2.58. The Morgan fingerprint density at radius 1 is 1.33 bits per heavy atom. The Morgan fingerprint density at radius 2 is 2.10 bits per heavy atom. The molecule has 1 fully saturated rings. The van der Waals surface area contributed by atoms with Crippen LogP contribution in [0.1, 0.15) is 30.2 Å². The zero-order valence-electron chi connectivity index (χ0n) is 12.5. The van der Waals surface area contributed by atoms with Crippen molar-refractivity contribution >= 4 is 30.1 Å². The molecule has 3 rings (SSSR count). The van der Waals surface area contributed by atoms with Gasteiger partial charge in [0.05, 0.1) is 0 Å². The highest BCUT2D eigenvalue weighted by Crippen LogP contribution is 2.38. The van der Waals surface area contributed by atoms with Crippen LogP contribution in [0.5, 0.6) is 0 Å². The van der Waals surface area contributed by atoms with Crippen molar-refractivity contribution in [2.24, 2.45) is 0 Å². The molecule has 0 radical (unpaired) electrons. The van der Waals surface area contributed by atoms with Crippen LogP contribution in [-0.2, 0) is 11.2 Å². The molecule has 3 nitrogen and oxygen atoms in total. The highest BCUT2D eigenvalue weighted by Gasteiger charge is 2.35. The van der Waals surface area contributed by atoms with Gasteiger partial charge in [0.25, 0.3) is 0 Å². The number of nitrogens with zero attached hydrogens (tertiary/aromatic N) is 1. The Morgan fingerprint density at radius 3 is 2.90 bits per heavy atom. The second-order valence-electron chi connectivity index (χ2n) is 5.71. The normalized spacial score (nSPS) is 28.5. The summed E-state index contributed by atoms with van der Waals surface area (Å²) in [5.74, 6) is 1.34. The summed E-state index contributed by atoms with van der Waals surface area (Å²) in [7, 11) is 0. The molecule has 0 bridgehead atoms. The fourth-order valence-electron chi connectivity index (χ4n) is 3.12. The SMILES string of the molecule is CC1NCCN(C(=O)C2SCCc3ccccc32)C1C.Cl. The summed E-state index contributed by atoms with van der Waals surface area (Å²) in [5.41, 5.74) is 2.58. The minimum absolute atomic E-state index is 0. The fourth-order valence-corrected chi connectivity index (χ4v) is 4.38. The van der Waals surface area contributed by atoms with Gasteiger partial charge < -0.3 is 10.2 Å². The molecular formula is C16H23ClN2OS. The number of piperazine rings is 1. The van der Waals surface area contributed by atoms with Gasteiger partial charge in [-0.05, 0) is 37.1 Å². The van der Waals surface area contributed by atoms with Crippen LogP contribution in [0, 0.1) is 0 Å². The number of carbonyl (C=O) groups is 1. The van der Waals surface area contributed by atoms with Crippen LogP contribution in [0.4, 0.5) is 0 Å². The van der Waals surface area contributed by atoms with Crippen LogP contribution in [0.25, 0.3) is 0 Å². The molecule has 1 N–H and O–H groups in total. The van der Waals surface area contributed by atoms with Crippen molar-refractivity contribution in [3.8, 4) is 0 Å². The Balaban J connectivity index is 0.00000161. The third kappa shape index (κ3) is 3.22. The van der Waals surface area contributed by atoms with E-state index in [2.05, 4.69) is 48.3 Å². The third-order valence-electron chi connectivity index (χ3n) is 4.54. The molecule has 21 heavy (non-hydrogen) atoms. The first kappa shape index (κ1) is 16.7. The Bertz CT molecular complexity index is 511. The van der Waals surface area contributed by atoms with Crippen LogP contribution in [0.3, 0.4) is 0 Å². The van der Waals surface area contributed by atoms with Crippen LogP contribution >= 0.6 is 24.2 Å². The van der Waals surface area contributed by atoms with Gasteiger partial charge in [-0.1, -0.05) is 24.3 Å². The summed E-state index contributed by atoms with van der Waals surface area (Å²) in [5, 5.41) is 3.43. The van der Waals surface area contributed by atoms with Crippen molar-refractivity contribution in [2.75, 3.05) is 18.8 Å². The molecule has 0 saturated carbocycles. The second-order valence-corrected chi connectivity index (χ2v) is 6.93. The predicted molar refractivity (Wildman–Crippen MR) is 91.2 cm³/mol. The van der Waals surface area contributed by atoms with E-state index in [1.165, 1.54) is 11.1 Å². The van der Waals surface area contributed by atoms with Crippen molar-refractivity contribution in [1.82, 2.24) is 10.2 Å². The zero-order valence-corrected chi connectivity index (χ0v) is 14.2. The standard InChI is InChI=1S/C16H22N2OS.ClH/c1-11-12(2)18(9-8-17-11)16(19)15-14-6-4-3-5-13(14)7-10-20-15;/h3-6,11-12,15,17H,7-10H2,1-2H3;1H. The van der Waals surface area contributed by atoms with E-state index >= 15 is 0 Å². The van der Waals surface area contributed by atoms with E-state index < -0.39 is 0 Å². The summed E-state index contributed by atoms with van der Waals surface area (Å²) in [6, 6.07) is 9.06. The molecule has 1 aromatic carbocycles. The number of aryl methyl sites for hydroxylation is 1. The number of nitrogens with one attached hydrogen (secondary N) is 1. The Labute approximate surface area is 137 Å². The van der Waals surface area contributed by atoms with Gasteiger partial charge in [-0.15, -0.1) is 24.2 Å². The van der Waals surface area contributed by atoms with Gasteiger partial charge >= 0.3 is 0 Å². The maximum absolute atomic E-state index is 12.9. The summed E-state index contributed by atoms with van der Waals surface area (Å²) in [6.45, 7) is 6.03. The minimum atomic E-state index is -0.00676. The lowest BCUT2D eigenvalue weighted by Gasteiger charge is -2.41. The zero-order chi connectivity index (χ0) is 14.1. The molecule has 0 spiro atoms. The van der Waals surface area contributed by atoms with Gasteiger partial charge in [-0.25, -0.2) is 0 Å². The minimum Gasteiger partial charge on any atom is -0.336 e. The van der Waals surface area contributed by atoms with Crippen molar-refractivity contribution in [3.63, 3.8) is 0 Å². The number of amides is 1. The number of rotatable bonds is 1. The summed E-state index contributed by atoms with van der Waals surface area (Å²) in [4.78, 5) is 15.0. The van der Waals surface area contributed by atoms with E-state index in [1.807, 2.05) is 0 Å². The quantitative estimate of drug-likeness (QED) is 0.861. The van der Waals surface area contributed by atoms with Crippen LogP contribution in [0.15, 0.2) is 24.3 Å². The lowest BCUT2D eigenvalue weighted by atomic mass is 9.99. The average Bonchev–Trinajstić information content (AvgIpc) is 2.49. The van der Waals surface area contributed by atoms with Crippen molar-refractivity contribution < 1.29 is 4.79 Å². The Kier molecular flexibility index (Phi) is 5.58. The topological polar surface area (TPSA) is 32.3 Å². The number of hydrogen-bond donors (Lipinski definition) is 1. The van der Waals surface area contributed by atoms with Gasteiger partial charge in [-0.3, -0.25) is 4.79 Å². The second kappa shape index (κ2) is 7.03. The van der Waals surface area contributed by atoms with Gasteiger partial charge in [0.2, 0.25) is 5.91 Å². The monoisotopic (exact) mass is 326 g/mol. The van der Waals surface area contributed by atoms with Crippen LogP contribution in [0.2, 0.25) is 0 Å². The van der Waals surface area contributed by atoms with E-state index in [4.69, 9.17) is 0 Å². The fraction of sp³-hybridized carbons (Fsp3) is 0.562. The maximum atomic E-state index is 12.9. The maximum Gasteiger partial charge on any atom is 0.240 e. The number of halogens is 1. The molecule has 0 aromatic heterocycles. The molecule has 3 unspecified atom stereocenters. The molecule has 1 amide bonds. The first-order valence-electron chi connectivity index (χ1n) is 7.42. The smallest absolute Gasteiger partial charge is 0.240 e. The van der Waals surface area contributed by atoms with Crippen molar-refractivity contribution in [2.45, 2.75) is 37.6 Å². The van der Waals surface area contributed by atoms with E-state index in [9.17, 15) is 4.79 Å². The van der Waals surface area contributed by atoms with Crippen molar-refractivity contribution in [1.29, 1.82) is 0 Å². The van der Waals surface area contributed by atoms with Crippen LogP contribution < -0.4 is 5.32 Å². The third-order valence-corrected chi connectivity index (χ3v) is 5.76. The number of hydrogen-bond acceptors (Lipinski definition) is 3. The van der Waals surface area contributed by atoms with E-state index in [1.54, 1.807) is 11.8 Å². The Hall–Kier alpha value is -0.710. The highest BCUT2D eigenvalue weighted by atomic mass is 35.5. The predicted octanol–water partition coefficient (Wildman–Crippen LogP) is 2.65. The largest absolute Gasteiger partial charge is 0.336 e.